The van der Waals surface area contributed by atoms with Crippen LogP contribution in [-0.4, -0.2) is 31.0 Å². The Kier molecular flexibility index (Phi) is 7.27. The number of imide groups is 1. The van der Waals surface area contributed by atoms with Gasteiger partial charge in [-0.3, -0.25) is 14.4 Å². The van der Waals surface area contributed by atoms with Gasteiger partial charge in [0.2, 0.25) is 0 Å². The van der Waals surface area contributed by atoms with E-state index in [1.807, 2.05) is 30.3 Å². The minimum absolute atomic E-state index is 0.0557. The molecule has 0 fully saturated rings. The highest BCUT2D eigenvalue weighted by Gasteiger charge is 2.42. The molecule has 0 atom stereocenters. The number of esters is 1. The van der Waals surface area contributed by atoms with Crippen LogP contribution in [0.3, 0.4) is 0 Å². The molecule has 4 aromatic carbocycles. The third-order valence-corrected chi connectivity index (χ3v) is 6.37. The van der Waals surface area contributed by atoms with Gasteiger partial charge in [0.05, 0.1) is 36.4 Å². The number of amides is 2. The monoisotopic (exact) mass is 527 g/mol. The smallest absolute Gasteiger partial charge is 0.310 e. The first-order chi connectivity index (χ1) is 18.9. The van der Waals surface area contributed by atoms with Crippen molar-refractivity contribution in [1.29, 1.82) is 0 Å². The average molecular weight is 528 g/mol. The molecule has 0 unspecified atom stereocenters. The second kappa shape index (κ2) is 10.9. The molecule has 39 heavy (non-hydrogen) atoms. The summed E-state index contributed by atoms with van der Waals surface area (Å²) in [6, 6.07) is 20.5. The molecule has 0 saturated heterocycles. The fraction of sp³-hybridized carbons (Fsp3) is 0.194. The van der Waals surface area contributed by atoms with Gasteiger partial charge in [-0.15, -0.1) is 0 Å². The lowest BCUT2D eigenvalue weighted by Crippen LogP contribution is -2.30. The predicted molar refractivity (Wildman–Crippen MR) is 144 cm³/mol. The maximum Gasteiger partial charge on any atom is 0.310 e. The van der Waals surface area contributed by atoms with E-state index in [1.165, 1.54) is 12.1 Å². The number of ether oxygens (including phenoxy) is 3. The third kappa shape index (κ3) is 4.93. The number of hydrogen-bond acceptors (Lipinski definition) is 6. The van der Waals surface area contributed by atoms with Crippen LogP contribution in [0.4, 0.5) is 10.1 Å². The molecular weight excluding hydrogens is 501 g/mol. The van der Waals surface area contributed by atoms with Crippen LogP contribution in [0.15, 0.2) is 72.8 Å². The predicted octanol–water partition coefficient (Wildman–Crippen LogP) is 5.86. The highest BCUT2D eigenvalue weighted by molar-refractivity contribution is 6.39. The minimum atomic E-state index is -0.811. The zero-order chi connectivity index (χ0) is 27.5. The van der Waals surface area contributed by atoms with Gasteiger partial charge in [0.1, 0.15) is 23.9 Å². The standard InChI is InChI=1S/C31H26FNO6/c1-3-37-25-17-21-11-8-12-24(39-18-19-9-6-5-7-10-19)27(21)29-28(25)30(35)33(31(29)36)23-14-13-20(15-22(23)32)16-26(34)38-4-2/h5-15,17H,3-4,16,18H2,1-2H3. The van der Waals surface area contributed by atoms with E-state index in [1.54, 1.807) is 38.1 Å². The van der Waals surface area contributed by atoms with Crippen LogP contribution in [-0.2, 0) is 22.6 Å². The van der Waals surface area contributed by atoms with Crippen LogP contribution >= 0.6 is 0 Å². The summed E-state index contributed by atoms with van der Waals surface area (Å²) in [4.78, 5) is 40.2. The first kappa shape index (κ1) is 25.9. The van der Waals surface area contributed by atoms with Gasteiger partial charge in [0.15, 0.2) is 0 Å². The number of anilines is 1. The van der Waals surface area contributed by atoms with Crippen LogP contribution in [0.25, 0.3) is 10.8 Å². The summed E-state index contributed by atoms with van der Waals surface area (Å²) in [5.41, 5.74) is 1.24. The van der Waals surface area contributed by atoms with Crippen molar-refractivity contribution in [3.8, 4) is 11.5 Å². The van der Waals surface area contributed by atoms with Crippen molar-refractivity contribution < 1.29 is 33.0 Å². The highest BCUT2D eigenvalue weighted by atomic mass is 19.1. The quantitative estimate of drug-likeness (QED) is 0.200. The average Bonchev–Trinajstić information content (AvgIpc) is 3.18. The van der Waals surface area contributed by atoms with Crippen molar-refractivity contribution in [3.05, 3.63) is 101 Å². The summed E-state index contributed by atoms with van der Waals surface area (Å²) in [5.74, 6) is -2.04. The van der Waals surface area contributed by atoms with Crippen LogP contribution in [0.1, 0.15) is 45.7 Å². The van der Waals surface area contributed by atoms with Crippen molar-refractivity contribution in [2.45, 2.75) is 26.9 Å². The van der Waals surface area contributed by atoms with Crippen molar-refractivity contribution in [2.24, 2.45) is 0 Å². The Bertz CT molecular complexity index is 1580. The second-order valence-corrected chi connectivity index (χ2v) is 8.90. The first-order valence-corrected chi connectivity index (χ1v) is 12.6. The van der Waals surface area contributed by atoms with Crippen molar-refractivity contribution >= 4 is 34.2 Å². The molecule has 1 aliphatic heterocycles. The zero-order valence-electron chi connectivity index (χ0n) is 21.5. The molecular formula is C31H26FNO6. The van der Waals surface area contributed by atoms with Crippen LogP contribution in [0.2, 0.25) is 0 Å². The summed E-state index contributed by atoms with van der Waals surface area (Å²) in [7, 11) is 0. The van der Waals surface area contributed by atoms with Gasteiger partial charge < -0.3 is 14.2 Å². The van der Waals surface area contributed by atoms with Gasteiger partial charge in [0, 0.05) is 5.39 Å². The van der Waals surface area contributed by atoms with Gasteiger partial charge in [-0.25, -0.2) is 9.29 Å². The SMILES string of the molecule is CCOC(=O)Cc1ccc(N2C(=O)c3c(OCC)cc4cccc(OCc5ccccc5)c4c3C2=O)c(F)c1. The van der Waals surface area contributed by atoms with E-state index in [0.717, 1.165) is 16.5 Å². The maximum absolute atomic E-state index is 15.3. The molecule has 2 amide bonds. The molecule has 0 aromatic heterocycles. The molecule has 8 heteroatoms. The number of halogens is 1. The van der Waals surface area contributed by atoms with Crippen molar-refractivity contribution in [2.75, 3.05) is 18.1 Å². The molecule has 5 rings (SSSR count). The maximum atomic E-state index is 15.3. The van der Waals surface area contributed by atoms with E-state index in [-0.39, 0.29) is 48.8 Å². The van der Waals surface area contributed by atoms with E-state index in [0.29, 0.717) is 22.1 Å². The summed E-state index contributed by atoms with van der Waals surface area (Å²) >= 11 is 0. The number of carbonyl (C=O) groups is 3. The summed E-state index contributed by atoms with van der Waals surface area (Å²) in [5, 5.41) is 1.10. The Morgan fingerprint density at radius 1 is 0.795 bits per heavy atom. The lowest BCUT2D eigenvalue weighted by atomic mass is 9.98. The normalized spacial score (nSPS) is 12.5. The van der Waals surface area contributed by atoms with Crippen LogP contribution < -0.4 is 14.4 Å². The van der Waals surface area contributed by atoms with Crippen LogP contribution in [0.5, 0.6) is 11.5 Å². The number of carbonyl (C=O) groups excluding carboxylic acids is 3. The highest BCUT2D eigenvalue weighted by Crippen LogP contribution is 2.43. The fourth-order valence-electron chi connectivity index (χ4n) is 4.70. The lowest BCUT2D eigenvalue weighted by Gasteiger charge is -2.16. The number of benzene rings is 4. The first-order valence-electron chi connectivity index (χ1n) is 12.6. The molecule has 0 spiro atoms. The summed E-state index contributed by atoms with van der Waals surface area (Å²) < 4.78 is 32.1. The summed E-state index contributed by atoms with van der Waals surface area (Å²) in [6.07, 6.45) is -0.131. The third-order valence-electron chi connectivity index (χ3n) is 6.37. The minimum Gasteiger partial charge on any atom is -0.493 e. The Morgan fingerprint density at radius 3 is 2.28 bits per heavy atom. The van der Waals surface area contributed by atoms with E-state index in [9.17, 15) is 14.4 Å². The molecule has 198 valence electrons. The van der Waals surface area contributed by atoms with E-state index in [4.69, 9.17) is 14.2 Å². The number of rotatable bonds is 9. The fourth-order valence-corrected chi connectivity index (χ4v) is 4.70. The summed E-state index contributed by atoms with van der Waals surface area (Å²) in [6.45, 7) is 4.19. The molecule has 1 aliphatic rings. The molecule has 1 heterocycles. The number of nitrogens with zero attached hydrogens (tertiary/aromatic N) is 1. The van der Waals surface area contributed by atoms with E-state index in [2.05, 4.69) is 0 Å². The van der Waals surface area contributed by atoms with E-state index >= 15 is 4.39 Å². The largest absolute Gasteiger partial charge is 0.493 e. The van der Waals surface area contributed by atoms with Crippen molar-refractivity contribution in [1.82, 2.24) is 0 Å². The molecule has 0 saturated carbocycles. The lowest BCUT2D eigenvalue weighted by molar-refractivity contribution is -0.142. The Morgan fingerprint density at radius 2 is 1.56 bits per heavy atom. The zero-order valence-corrected chi connectivity index (χ0v) is 21.5. The van der Waals surface area contributed by atoms with Gasteiger partial charge in [-0.2, -0.15) is 0 Å². The molecule has 0 aliphatic carbocycles. The second-order valence-electron chi connectivity index (χ2n) is 8.90. The van der Waals surface area contributed by atoms with Crippen LogP contribution in [0, 0.1) is 5.82 Å². The van der Waals surface area contributed by atoms with E-state index < -0.39 is 23.6 Å². The Hall–Kier alpha value is -4.72. The number of hydrogen-bond donors (Lipinski definition) is 0. The van der Waals surface area contributed by atoms with Gasteiger partial charge in [-0.1, -0.05) is 48.5 Å². The topological polar surface area (TPSA) is 82.1 Å². The van der Waals surface area contributed by atoms with Crippen molar-refractivity contribution in [3.63, 3.8) is 0 Å². The molecule has 7 nitrogen and oxygen atoms in total. The van der Waals surface area contributed by atoms with Gasteiger partial charge in [0.25, 0.3) is 11.8 Å². The molecule has 0 radical (unpaired) electrons. The molecule has 4 aromatic rings. The van der Waals surface area contributed by atoms with Gasteiger partial charge >= 0.3 is 5.97 Å². The van der Waals surface area contributed by atoms with Gasteiger partial charge in [-0.05, 0) is 54.6 Å². The molecule has 0 bridgehead atoms. The Labute approximate surface area is 224 Å². The number of fused-ring (bicyclic) bond motifs is 3. The Balaban J connectivity index is 1.58. The molecule has 0 N–H and O–H groups in total.